The van der Waals surface area contributed by atoms with Crippen LogP contribution in [-0.4, -0.2) is 18.0 Å². The molecule has 5 heteroatoms. The number of benzene rings is 3. The van der Waals surface area contributed by atoms with Gasteiger partial charge in [0.05, 0.1) is 23.9 Å². The summed E-state index contributed by atoms with van der Waals surface area (Å²) in [6.07, 6.45) is 0. The maximum atomic E-state index is 13.2. The molecule has 0 fully saturated rings. The second kappa shape index (κ2) is 7.94. The van der Waals surface area contributed by atoms with Crippen molar-refractivity contribution in [1.82, 2.24) is 4.98 Å². The van der Waals surface area contributed by atoms with E-state index >= 15 is 0 Å². The zero-order chi connectivity index (χ0) is 20.4. The number of fused-ring (bicyclic) bond motifs is 1. The number of hydrogen-bond acceptors (Lipinski definition) is 3. The fourth-order valence-electron chi connectivity index (χ4n) is 3.19. The number of aryl methyl sites for hydroxylation is 1. The van der Waals surface area contributed by atoms with Crippen LogP contribution in [0.1, 0.15) is 15.9 Å². The summed E-state index contributed by atoms with van der Waals surface area (Å²) in [5, 5.41) is 4.35. The Kier molecular flexibility index (Phi) is 5.19. The maximum Gasteiger partial charge on any atom is 0.256 e. The molecule has 4 aromatic rings. The molecule has 0 atom stereocenters. The molecule has 0 spiro atoms. The Morgan fingerprint density at radius 2 is 1.76 bits per heavy atom. The molecule has 0 bridgehead atoms. The van der Waals surface area contributed by atoms with E-state index in [2.05, 4.69) is 5.32 Å². The van der Waals surface area contributed by atoms with Crippen molar-refractivity contribution in [3.05, 3.63) is 88.9 Å². The number of pyridine rings is 1. The normalized spacial score (nSPS) is 10.7. The van der Waals surface area contributed by atoms with Gasteiger partial charge in [-0.25, -0.2) is 4.98 Å². The first kappa shape index (κ1) is 19.0. The molecule has 4 nitrogen and oxygen atoms in total. The SMILES string of the molecule is COc1ccc(-c2cc(C(=O)Nc3cc(Cl)ccc3C)c3ccccc3n2)cc1. The number of nitrogens with one attached hydrogen (secondary N) is 1. The smallest absolute Gasteiger partial charge is 0.256 e. The van der Waals surface area contributed by atoms with Crippen molar-refractivity contribution in [3.8, 4) is 17.0 Å². The molecule has 1 aromatic heterocycles. The minimum atomic E-state index is -0.205. The van der Waals surface area contributed by atoms with Crippen LogP contribution in [0.5, 0.6) is 5.75 Å². The van der Waals surface area contributed by atoms with Gasteiger partial charge in [-0.05, 0) is 61.0 Å². The predicted octanol–water partition coefficient (Wildman–Crippen LogP) is 6.12. The molecule has 144 valence electrons. The number of anilines is 1. The Hall–Kier alpha value is -3.37. The van der Waals surface area contributed by atoms with E-state index in [1.54, 1.807) is 19.2 Å². The van der Waals surface area contributed by atoms with Crippen LogP contribution in [0, 0.1) is 6.92 Å². The molecule has 1 N–H and O–H groups in total. The highest BCUT2D eigenvalue weighted by molar-refractivity contribution is 6.31. The van der Waals surface area contributed by atoms with Gasteiger partial charge >= 0.3 is 0 Å². The van der Waals surface area contributed by atoms with Crippen molar-refractivity contribution < 1.29 is 9.53 Å². The van der Waals surface area contributed by atoms with Crippen molar-refractivity contribution >= 4 is 34.1 Å². The molecule has 1 amide bonds. The van der Waals surface area contributed by atoms with Gasteiger partial charge in [-0.15, -0.1) is 0 Å². The van der Waals surface area contributed by atoms with Crippen LogP contribution in [0.15, 0.2) is 72.8 Å². The van der Waals surface area contributed by atoms with Gasteiger partial charge in [0.25, 0.3) is 5.91 Å². The molecule has 29 heavy (non-hydrogen) atoms. The quantitative estimate of drug-likeness (QED) is 0.447. The summed E-state index contributed by atoms with van der Waals surface area (Å²) in [6, 6.07) is 22.5. The second-order valence-corrected chi connectivity index (χ2v) is 7.15. The van der Waals surface area contributed by atoms with Gasteiger partial charge in [-0.2, -0.15) is 0 Å². The number of nitrogens with zero attached hydrogens (tertiary/aromatic N) is 1. The monoisotopic (exact) mass is 402 g/mol. The average Bonchev–Trinajstić information content (AvgIpc) is 2.75. The number of hydrogen-bond donors (Lipinski definition) is 1. The first-order valence-corrected chi connectivity index (χ1v) is 9.54. The van der Waals surface area contributed by atoms with Crippen molar-refractivity contribution in [2.24, 2.45) is 0 Å². The van der Waals surface area contributed by atoms with Crippen molar-refractivity contribution in [2.45, 2.75) is 6.92 Å². The zero-order valence-corrected chi connectivity index (χ0v) is 16.8. The first-order valence-electron chi connectivity index (χ1n) is 9.17. The second-order valence-electron chi connectivity index (χ2n) is 6.71. The number of rotatable bonds is 4. The van der Waals surface area contributed by atoms with E-state index in [9.17, 15) is 4.79 Å². The van der Waals surface area contributed by atoms with Gasteiger partial charge in [-0.3, -0.25) is 4.79 Å². The number of halogens is 1. The summed E-state index contributed by atoms with van der Waals surface area (Å²) < 4.78 is 5.23. The number of ether oxygens (including phenoxy) is 1. The fraction of sp³-hybridized carbons (Fsp3) is 0.0833. The lowest BCUT2D eigenvalue weighted by atomic mass is 10.0. The molecule has 0 radical (unpaired) electrons. The van der Waals surface area contributed by atoms with E-state index in [1.807, 2.05) is 67.6 Å². The summed E-state index contributed by atoms with van der Waals surface area (Å²) in [5.74, 6) is 0.563. The van der Waals surface area contributed by atoms with Crippen LogP contribution < -0.4 is 10.1 Å². The third-order valence-corrected chi connectivity index (χ3v) is 5.03. The predicted molar refractivity (Wildman–Crippen MR) is 118 cm³/mol. The van der Waals surface area contributed by atoms with Gasteiger partial charge in [0, 0.05) is 21.7 Å². The number of aromatic nitrogens is 1. The third-order valence-electron chi connectivity index (χ3n) is 4.79. The van der Waals surface area contributed by atoms with Gasteiger partial charge in [-0.1, -0.05) is 35.9 Å². The minimum absolute atomic E-state index is 0.205. The highest BCUT2D eigenvalue weighted by atomic mass is 35.5. The van der Waals surface area contributed by atoms with Crippen LogP contribution in [0.2, 0.25) is 5.02 Å². The highest BCUT2D eigenvalue weighted by Crippen LogP contribution is 2.28. The van der Waals surface area contributed by atoms with E-state index in [0.29, 0.717) is 16.3 Å². The summed E-state index contributed by atoms with van der Waals surface area (Å²) in [5.41, 5.74) is 4.57. The molecule has 0 aliphatic heterocycles. The molecular formula is C24H19ClN2O2. The third kappa shape index (κ3) is 3.93. The summed E-state index contributed by atoms with van der Waals surface area (Å²) in [6.45, 7) is 1.93. The number of amides is 1. The van der Waals surface area contributed by atoms with E-state index in [4.69, 9.17) is 21.3 Å². The topological polar surface area (TPSA) is 51.2 Å². The molecular weight excluding hydrogens is 384 g/mol. The van der Waals surface area contributed by atoms with Crippen LogP contribution in [0.4, 0.5) is 5.69 Å². The zero-order valence-electron chi connectivity index (χ0n) is 16.1. The van der Waals surface area contributed by atoms with Crippen molar-refractivity contribution in [3.63, 3.8) is 0 Å². The number of carbonyl (C=O) groups excluding carboxylic acids is 1. The number of carbonyl (C=O) groups is 1. The fourth-order valence-corrected chi connectivity index (χ4v) is 3.36. The van der Waals surface area contributed by atoms with E-state index in [-0.39, 0.29) is 5.91 Å². The molecule has 0 saturated carbocycles. The number of methoxy groups -OCH3 is 1. The Labute approximate surface area is 174 Å². The molecule has 1 heterocycles. The summed E-state index contributed by atoms with van der Waals surface area (Å²) in [4.78, 5) is 17.9. The van der Waals surface area contributed by atoms with Gasteiger partial charge in [0.15, 0.2) is 0 Å². The standard InChI is InChI=1S/C24H19ClN2O2/c1-15-7-10-17(25)13-22(15)27-24(28)20-14-23(16-8-11-18(29-2)12-9-16)26-21-6-4-3-5-19(20)21/h3-14H,1-2H3,(H,27,28). The average molecular weight is 403 g/mol. The van der Waals surface area contributed by atoms with Gasteiger partial charge in [0.2, 0.25) is 0 Å². The van der Waals surface area contributed by atoms with E-state index in [0.717, 1.165) is 33.5 Å². The van der Waals surface area contributed by atoms with Crippen molar-refractivity contribution in [2.75, 3.05) is 12.4 Å². The Morgan fingerprint density at radius 3 is 2.52 bits per heavy atom. The van der Waals surface area contributed by atoms with Gasteiger partial charge < -0.3 is 10.1 Å². The van der Waals surface area contributed by atoms with E-state index in [1.165, 1.54) is 0 Å². The Balaban J connectivity index is 1.79. The van der Waals surface area contributed by atoms with Crippen LogP contribution in [-0.2, 0) is 0 Å². The van der Waals surface area contributed by atoms with Crippen LogP contribution >= 0.6 is 11.6 Å². The highest BCUT2D eigenvalue weighted by Gasteiger charge is 2.15. The summed E-state index contributed by atoms with van der Waals surface area (Å²) >= 11 is 6.10. The molecule has 0 saturated heterocycles. The minimum Gasteiger partial charge on any atom is -0.497 e. The Bertz CT molecular complexity index is 1200. The van der Waals surface area contributed by atoms with Crippen LogP contribution in [0.3, 0.4) is 0 Å². The molecule has 0 aliphatic carbocycles. The summed E-state index contributed by atoms with van der Waals surface area (Å²) in [7, 11) is 1.63. The van der Waals surface area contributed by atoms with Crippen LogP contribution in [0.25, 0.3) is 22.2 Å². The lowest BCUT2D eigenvalue weighted by Gasteiger charge is -2.12. The molecule has 4 rings (SSSR count). The molecule has 0 unspecified atom stereocenters. The molecule has 0 aliphatic rings. The lowest BCUT2D eigenvalue weighted by molar-refractivity contribution is 0.102. The Morgan fingerprint density at radius 1 is 1.00 bits per heavy atom. The van der Waals surface area contributed by atoms with Crippen molar-refractivity contribution in [1.29, 1.82) is 0 Å². The van der Waals surface area contributed by atoms with E-state index < -0.39 is 0 Å². The first-order chi connectivity index (χ1) is 14.0. The number of para-hydroxylation sites is 1. The van der Waals surface area contributed by atoms with Gasteiger partial charge in [0.1, 0.15) is 5.75 Å². The lowest BCUT2D eigenvalue weighted by Crippen LogP contribution is -2.14. The maximum absolute atomic E-state index is 13.2. The molecule has 3 aromatic carbocycles. The largest absolute Gasteiger partial charge is 0.497 e.